The van der Waals surface area contributed by atoms with Gasteiger partial charge in [-0.15, -0.1) is 0 Å². The van der Waals surface area contributed by atoms with Gasteiger partial charge in [0.05, 0.1) is 7.11 Å². The van der Waals surface area contributed by atoms with Gasteiger partial charge in [-0.25, -0.2) is 12.7 Å². The minimum Gasteiger partial charge on any atom is -0.495 e. The van der Waals surface area contributed by atoms with Crippen molar-refractivity contribution in [3.63, 3.8) is 0 Å². The van der Waals surface area contributed by atoms with Gasteiger partial charge in [-0.1, -0.05) is 12.2 Å². The van der Waals surface area contributed by atoms with Crippen molar-refractivity contribution < 1.29 is 13.2 Å². The molecule has 0 saturated carbocycles. The average Bonchev–Trinajstić information content (AvgIpc) is 2.44. The van der Waals surface area contributed by atoms with E-state index in [1.807, 2.05) is 6.92 Å². The van der Waals surface area contributed by atoms with Crippen molar-refractivity contribution in [2.45, 2.75) is 11.8 Å². The van der Waals surface area contributed by atoms with Gasteiger partial charge in [-0.05, 0) is 37.3 Å². The highest BCUT2D eigenvalue weighted by Crippen LogP contribution is 2.28. The maximum atomic E-state index is 12.3. The number of hydrogen-bond acceptors (Lipinski definition) is 4. The maximum absolute atomic E-state index is 12.3. The van der Waals surface area contributed by atoms with E-state index < -0.39 is 10.0 Å². The molecule has 0 bridgehead atoms. The van der Waals surface area contributed by atoms with Crippen molar-refractivity contribution in [2.24, 2.45) is 0 Å². The van der Waals surface area contributed by atoms with Crippen molar-refractivity contribution in [2.75, 3.05) is 33.1 Å². The van der Waals surface area contributed by atoms with Crippen molar-refractivity contribution >= 4 is 33.0 Å². The Morgan fingerprint density at radius 1 is 1.41 bits per heavy atom. The fourth-order valence-corrected chi connectivity index (χ4v) is 2.82. The van der Waals surface area contributed by atoms with Gasteiger partial charge in [-0.3, -0.25) is 0 Å². The Hall–Kier alpha value is -1.64. The Morgan fingerprint density at radius 2 is 2.05 bits per heavy atom. The third-order valence-corrected chi connectivity index (χ3v) is 4.81. The summed E-state index contributed by atoms with van der Waals surface area (Å²) in [6, 6.07) is 4.77. The Labute approximate surface area is 137 Å². The second-order valence-corrected chi connectivity index (χ2v) is 7.45. The number of thiocarbonyl (C=S) groups is 1. The number of rotatable bonds is 6. The summed E-state index contributed by atoms with van der Waals surface area (Å²) in [4.78, 5) is 0.0766. The molecule has 1 aromatic carbocycles. The van der Waals surface area contributed by atoms with Gasteiger partial charge in [0.25, 0.3) is 0 Å². The third-order valence-electron chi connectivity index (χ3n) is 2.73. The van der Waals surface area contributed by atoms with E-state index in [2.05, 4.69) is 17.2 Å². The van der Waals surface area contributed by atoms with E-state index in [0.717, 1.165) is 9.88 Å². The molecule has 0 saturated heterocycles. The topological polar surface area (TPSA) is 70.7 Å². The zero-order chi connectivity index (χ0) is 16.9. The fourth-order valence-electron chi connectivity index (χ4n) is 1.56. The Bertz CT molecular complexity index is 670. The second-order valence-electron chi connectivity index (χ2n) is 4.92. The molecule has 0 aliphatic carbocycles. The van der Waals surface area contributed by atoms with Crippen LogP contribution in [0.15, 0.2) is 35.2 Å². The molecule has 0 aliphatic heterocycles. The number of benzene rings is 1. The molecule has 0 unspecified atom stereocenters. The van der Waals surface area contributed by atoms with E-state index in [4.69, 9.17) is 17.0 Å². The van der Waals surface area contributed by atoms with Crippen LogP contribution in [0.25, 0.3) is 0 Å². The van der Waals surface area contributed by atoms with Gasteiger partial charge < -0.3 is 15.4 Å². The SMILES string of the molecule is C=C(C)CNC(=S)Nc1ccc(OC)c(S(=O)(=O)N(C)C)c1. The number of anilines is 1. The Kier molecular flexibility index (Phi) is 6.34. The first-order valence-electron chi connectivity index (χ1n) is 6.48. The van der Waals surface area contributed by atoms with E-state index in [9.17, 15) is 8.42 Å². The Balaban J connectivity index is 3.06. The van der Waals surface area contributed by atoms with E-state index >= 15 is 0 Å². The summed E-state index contributed by atoms with van der Waals surface area (Å²) >= 11 is 5.15. The van der Waals surface area contributed by atoms with Gasteiger partial charge in [0.1, 0.15) is 10.6 Å². The number of hydrogen-bond donors (Lipinski definition) is 2. The normalized spacial score (nSPS) is 11.1. The van der Waals surface area contributed by atoms with Crippen LogP contribution in [0, 0.1) is 0 Å². The van der Waals surface area contributed by atoms with Crippen LogP contribution in [0.2, 0.25) is 0 Å². The molecule has 1 rings (SSSR count). The summed E-state index contributed by atoms with van der Waals surface area (Å²) in [6.07, 6.45) is 0. The minimum atomic E-state index is -3.61. The molecule has 0 fully saturated rings. The summed E-state index contributed by atoms with van der Waals surface area (Å²) in [5, 5.41) is 6.30. The number of nitrogens with zero attached hydrogens (tertiary/aromatic N) is 1. The van der Waals surface area contributed by atoms with Crippen molar-refractivity contribution in [3.05, 3.63) is 30.4 Å². The van der Waals surface area contributed by atoms with Crippen molar-refractivity contribution in [3.8, 4) is 5.75 Å². The van der Waals surface area contributed by atoms with Crippen LogP contribution in [0.3, 0.4) is 0 Å². The van der Waals surface area contributed by atoms with Crippen molar-refractivity contribution in [1.82, 2.24) is 9.62 Å². The zero-order valence-corrected chi connectivity index (χ0v) is 14.8. The van der Waals surface area contributed by atoms with Gasteiger partial charge in [0.2, 0.25) is 10.0 Å². The molecule has 0 aliphatic rings. The quantitative estimate of drug-likeness (QED) is 0.606. The molecule has 0 amide bonds. The number of ether oxygens (including phenoxy) is 1. The summed E-state index contributed by atoms with van der Waals surface area (Å²) in [5.41, 5.74) is 1.50. The predicted molar refractivity (Wildman–Crippen MR) is 92.9 cm³/mol. The standard InChI is InChI=1S/C14H21N3O3S2/c1-10(2)9-15-14(21)16-11-6-7-12(20-5)13(8-11)22(18,19)17(3)4/h6-8H,1,9H2,2-5H3,(H2,15,16,21). The molecule has 22 heavy (non-hydrogen) atoms. The van der Waals surface area contributed by atoms with E-state index in [1.54, 1.807) is 12.1 Å². The summed E-state index contributed by atoms with van der Waals surface area (Å²) in [5.74, 6) is 0.278. The van der Waals surface area contributed by atoms with Crippen molar-refractivity contribution in [1.29, 1.82) is 0 Å². The molecule has 122 valence electrons. The lowest BCUT2D eigenvalue weighted by Gasteiger charge is -2.16. The molecule has 0 radical (unpaired) electrons. The molecule has 1 aromatic rings. The van der Waals surface area contributed by atoms with Crippen LogP contribution in [0.4, 0.5) is 5.69 Å². The highest BCUT2D eigenvalue weighted by Gasteiger charge is 2.22. The number of nitrogens with one attached hydrogen (secondary N) is 2. The first-order valence-corrected chi connectivity index (χ1v) is 8.33. The lowest BCUT2D eigenvalue weighted by atomic mass is 10.3. The number of sulfonamides is 1. The average molecular weight is 343 g/mol. The second kappa shape index (κ2) is 7.57. The summed E-state index contributed by atoms with van der Waals surface area (Å²) in [6.45, 7) is 6.20. The molecule has 0 heterocycles. The van der Waals surface area contributed by atoms with Crippen LogP contribution >= 0.6 is 12.2 Å². The highest BCUT2D eigenvalue weighted by atomic mass is 32.2. The molecular formula is C14H21N3O3S2. The largest absolute Gasteiger partial charge is 0.495 e. The van der Waals surface area contributed by atoms with E-state index in [1.165, 1.54) is 27.3 Å². The van der Waals surface area contributed by atoms with E-state index in [-0.39, 0.29) is 10.6 Å². The lowest BCUT2D eigenvalue weighted by molar-refractivity contribution is 0.400. The minimum absolute atomic E-state index is 0.0766. The van der Waals surface area contributed by atoms with Crippen LogP contribution < -0.4 is 15.4 Å². The van der Waals surface area contributed by atoms with E-state index in [0.29, 0.717) is 17.3 Å². The monoisotopic (exact) mass is 343 g/mol. The number of methoxy groups -OCH3 is 1. The highest BCUT2D eigenvalue weighted by molar-refractivity contribution is 7.89. The molecule has 8 heteroatoms. The predicted octanol–water partition coefficient (Wildman–Crippen LogP) is 1.81. The smallest absolute Gasteiger partial charge is 0.246 e. The van der Waals surface area contributed by atoms with Crippen LogP contribution in [-0.2, 0) is 10.0 Å². The molecule has 2 N–H and O–H groups in total. The summed E-state index contributed by atoms with van der Waals surface area (Å²) in [7, 11) is 0.746. The van der Waals surface area contributed by atoms with Crippen LogP contribution in [0.1, 0.15) is 6.92 Å². The van der Waals surface area contributed by atoms with Crippen LogP contribution in [-0.4, -0.2) is 45.6 Å². The molecule has 0 aromatic heterocycles. The lowest BCUT2D eigenvalue weighted by Crippen LogP contribution is -2.29. The fraction of sp³-hybridized carbons (Fsp3) is 0.357. The Morgan fingerprint density at radius 3 is 2.55 bits per heavy atom. The maximum Gasteiger partial charge on any atom is 0.246 e. The van der Waals surface area contributed by atoms with Crippen LogP contribution in [0.5, 0.6) is 5.75 Å². The first kappa shape index (κ1) is 18.4. The summed E-state index contributed by atoms with van der Waals surface area (Å²) < 4.78 is 30.9. The van der Waals surface area contributed by atoms with Gasteiger partial charge in [0, 0.05) is 26.3 Å². The van der Waals surface area contributed by atoms with Gasteiger partial charge in [-0.2, -0.15) is 0 Å². The molecule has 0 atom stereocenters. The molecular weight excluding hydrogens is 322 g/mol. The third kappa shape index (κ3) is 4.69. The molecule has 0 spiro atoms. The molecule has 6 nitrogen and oxygen atoms in total. The zero-order valence-electron chi connectivity index (χ0n) is 13.1. The van der Waals surface area contributed by atoms with Gasteiger partial charge in [0.15, 0.2) is 5.11 Å². The van der Waals surface area contributed by atoms with Gasteiger partial charge >= 0.3 is 0 Å². The first-order chi connectivity index (χ1) is 10.2.